The maximum Gasteiger partial charge on any atom is 0.243 e. The predicted molar refractivity (Wildman–Crippen MR) is 110 cm³/mol. The standard InChI is InChI=1S/C20H24N4O5S/c1-29-17-4-6-18(7-5-17)30(27,28)24-12-2-3-15(14-24)20(26)22-13-19(25)23-16-8-10-21-11-9-16/h4-11,15H,2-3,12-14H2,1H3,(H,22,26)(H,21,23,25)/t15-/m0/s1. The zero-order valence-corrected chi connectivity index (χ0v) is 17.4. The van der Waals surface area contributed by atoms with E-state index in [1.54, 1.807) is 36.7 Å². The molecule has 0 aliphatic carbocycles. The highest BCUT2D eigenvalue weighted by Crippen LogP contribution is 2.25. The Kier molecular flexibility index (Phi) is 7.01. The highest BCUT2D eigenvalue weighted by Gasteiger charge is 2.33. The number of sulfonamides is 1. The van der Waals surface area contributed by atoms with Gasteiger partial charge in [-0.3, -0.25) is 14.6 Å². The SMILES string of the molecule is COc1ccc(S(=O)(=O)N2CCC[C@H](C(=O)NCC(=O)Nc3ccncc3)C2)cc1. The van der Waals surface area contributed by atoms with Crippen molar-refractivity contribution in [1.29, 1.82) is 0 Å². The quantitative estimate of drug-likeness (QED) is 0.680. The van der Waals surface area contributed by atoms with E-state index in [2.05, 4.69) is 15.6 Å². The molecular weight excluding hydrogens is 408 g/mol. The van der Waals surface area contributed by atoms with Crippen molar-refractivity contribution < 1.29 is 22.7 Å². The molecule has 1 aliphatic heterocycles. The molecular formula is C20H24N4O5S. The summed E-state index contributed by atoms with van der Waals surface area (Å²) in [4.78, 5) is 28.5. The predicted octanol–water partition coefficient (Wildman–Crippen LogP) is 1.25. The van der Waals surface area contributed by atoms with Crippen LogP contribution in [0.15, 0.2) is 53.7 Å². The number of rotatable bonds is 7. The number of carbonyl (C=O) groups is 2. The van der Waals surface area contributed by atoms with Crippen LogP contribution in [0.2, 0.25) is 0 Å². The van der Waals surface area contributed by atoms with Crippen LogP contribution in [0.5, 0.6) is 5.75 Å². The van der Waals surface area contributed by atoms with E-state index in [1.165, 1.54) is 23.5 Å². The Bertz CT molecular complexity index is 980. The molecule has 0 spiro atoms. The lowest BCUT2D eigenvalue weighted by Gasteiger charge is -2.31. The highest BCUT2D eigenvalue weighted by molar-refractivity contribution is 7.89. The van der Waals surface area contributed by atoms with Gasteiger partial charge >= 0.3 is 0 Å². The molecule has 10 heteroatoms. The summed E-state index contributed by atoms with van der Waals surface area (Å²) < 4.78 is 32.2. The first-order valence-electron chi connectivity index (χ1n) is 9.52. The monoisotopic (exact) mass is 432 g/mol. The minimum absolute atomic E-state index is 0.0756. The first-order chi connectivity index (χ1) is 14.4. The number of anilines is 1. The zero-order chi connectivity index (χ0) is 21.6. The zero-order valence-electron chi connectivity index (χ0n) is 16.6. The van der Waals surface area contributed by atoms with Crippen molar-refractivity contribution in [2.24, 2.45) is 5.92 Å². The van der Waals surface area contributed by atoms with E-state index < -0.39 is 15.9 Å². The minimum atomic E-state index is -3.71. The number of carbonyl (C=O) groups excluding carboxylic acids is 2. The van der Waals surface area contributed by atoms with E-state index in [1.807, 2.05) is 0 Å². The fourth-order valence-corrected chi connectivity index (χ4v) is 4.75. The molecule has 3 rings (SSSR count). The smallest absolute Gasteiger partial charge is 0.243 e. The van der Waals surface area contributed by atoms with Crippen LogP contribution < -0.4 is 15.4 Å². The van der Waals surface area contributed by atoms with Crippen molar-refractivity contribution in [3.05, 3.63) is 48.8 Å². The van der Waals surface area contributed by atoms with Gasteiger partial charge in [-0.25, -0.2) is 8.42 Å². The Morgan fingerprint density at radius 1 is 1.17 bits per heavy atom. The van der Waals surface area contributed by atoms with E-state index >= 15 is 0 Å². The topological polar surface area (TPSA) is 118 Å². The van der Waals surface area contributed by atoms with Gasteiger partial charge in [0.05, 0.1) is 24.5 Å². The molecule has 2 heterocycles. The Morgan fingerprint density at radius 3 is 2.53 bits per heavy atom. The van der Waals surface area contributed by atoms with E-state index in [4.69, 9.17) is 4.74 Å². The first-order valence-corrected chi connectivity index (χ1v) is 11.0. The summed E-state index contributed by atoms with van der Waals surface area (Å²) >= 11 is 0. The lowest BCUT2D eigenvalue weighted by atomic mass is 9.99. The van der Waals surface area contributed by atoms with Gasteiger partial charge in [0.25, 0.3) is 0 Å². The molecule has 30 heavy (non-hydrogen) atoms. The van der Waals surface area contributed by atoms with Crippen LogP contribution in [0, 0.1) is 5.92 Å². The lowest BCUT2D eigenvalue weighted by molar-refractivity contribution is -0.128. The summed E-state index contributed by atoms with van der Waals surface area (Å²) in [6.07, 6.45) is 4.23. The van der Waals surface area contributed by atoms with Gasteiger partial charge in [0.15, 0.2) is 0 Å². The van der Waals surface area contributed by atoms with E-state index in [0.717, 1.165) is 0 Å². The average Bonchev–Trinajstić information content (AvgIpc) is 2.78. The van der Waals surface area contributed by atoms with Crippen molar-refractivity contribution in [1.82, 2.24) is 14.6 Å². The van der Waals surface area contributed by atoms with Gasteiger partial charge in [0.1, 0.15) is 5.75 Å². The first kappa shape index (κ1) is 21.7. The van der Waals surface area contributed by atoms with Crippen LogP contribution in [-0.4, -0.2) is 56.3 Å². The molecule has 1 atom stereocenters. The van der Waals surface area contributed by atoms with Crippen molar-refractivity contribution in [3.8, 4) is 5.75 Å². The van der Waals surface area contributed by atoms with Crippen LogP contribution >= 0.6 is 0 Å². The molecule has 0 radical (unpaired) electrons. The number of benzene rings is 1. The molecule has 0 saturated carbocycles. The number of ether oxygens (including phenoxy) is 1. The second kappa shape index (κ2) is 9.68. The van der Waals surface area contributed by atoms with Crippen LogP contribution in [0.3, 0.4) is 0 Å². The normalized spacial score (nSPS) is 17.2. The molecule has 0 unspecified atom stereocenters. The van der Waals surface area contributed by atoms with Crippen LogP contribution in [0.4, 0.5) is 5.69 Å². The number of amides is 2. The third kappa shape index (κ3) is 5.33. The van der Waals surface area contributed by atoms with Gasteiger partial charge in [0.2, 0.25) is 21.8 Å². The summed E-state index contributed by atoms with van der Waals surface area (Å²) in [6.45, 7) is 0.232. The van der Waals surface area contributed by atoms with Gasteiger partial charge in [0, 0.05) is 31.2 Å². The number of nitrogens with zero attached hydrogens (tertiary/aromatic N) is 2. The fourth-order valence-electron chi connectivity index (χ4n) is 3.22. The molecule has 160 valence electrons. The van der Waals surface area contributed by atoms with Crippen molar-refractivity contribution >= 4 is 27.5 Å². The highest BCUT2D eigenvalue weighted by atomic mass is 32.2. The number of pyridine rings is 1. The third-order valence-electron chi connectivity index (χ3n) is 4.84. The molecule has 1 fully saturated rings. The van der Waals surface area contributed by atoms with E-state index in [-0.39, 0.29) is 29.8 Å². The summed E-state index contributed by atoms with van der Waals surface area (Å²) in [5.74, 6) is -0.655. The molecule has 1 saturated heterocycles. The lowest BCUT2D eigenvalue weighted by Crippen LogP contribution is -2.46. The van der Waals surface area contributed by atoms with Crippen LogP contribution in [0.25, 0.3) is 0 Å². The minimum Gasteiger partial charge on any atom is -0.497 e. The third-order valence-corrected chi connectivity index (χ3v) is 6.72. The van der Waals surface area contributed by atoms with Gasteiger partial charge in [-0.05, 0) is 49.2 Å². The Balaban J connectivity index is 1.56. The molecule has 2 amide bonds. The molecule has 2 aromatic rings. The molecule has 2 N–H and O–H groups in total. The summed E-state index contributed by atoms with van der Waals surface area (Å²) in [6, 6.07) is 9.43. The fraction of sp³-hybridized carbons (Fsp3) is 0.350. The maximum absolute atomic E-state index is 12.9. The van der Waals surface area contributed by atoms with E-state index in [9.17, 15) is 18.0 Å². The Morgan fingerprint density at radius 2 is 1.87 bits per heavy atom. The Labute approximate surface area is 175 Å². The summed E-state index contributed by atoms with van der Waals surface area (Å²) in [7, 11) is -2.20. The largest absolute Gasteiger partial charge is 0.497 e. The number of methoxy groups -OCH3 is 1. The van der Waals surface area contributed by atoms with Crippen LogP contribution in [-0.2, 0) is 19.6 Å². The molecule has 1 aliphatic rings. The van der Waals surface area contributed by atoms with Crippen LogP contribution in [0.1, 0.15) is 12.8 Å². The van der Waals surface area contributed by atoms with Crippen molar-refractivity contribution in [3.63, 3.8) is 0 Å². The molecule has 1 aromatic heterocycles. The second-order valence-electron chi connectivity index (χ2n) is 6.88. The maximum atomic E-state index is 12.9. The molecule has 9 nitrogen and oxygen atoms in total. The number of aromatic nitrogens is 1. The van der Waals surface area contributed by atoms with E-state index in [0.29, 0.717) is 30.8 Å². The molecule has 0 bridgehead atoms. The number of hydrogen-bond acceptors (Lipinski definition) is 6. The second-order valence-corrected chi connectivity index (χ2v) is 8.82. The van der Waals surface area contributed by atoms with Gasteiger partial charge < -0.3 is 15.4 Å². The van der Waals surface area contributed by atoms with Crippen molar-refractivity contribution in [2.75, 3.05) is 32.1 Å². The Hall–Kier alpha value is -2.98. The van der Waals surface area contributed by atoms with Gasteiger partial charge in [-0.2, -0.15) is 4.31 Å². The average molecular weight is 433 g/mol. The van der Waals surface area contributed by atoms with Crippen molar-refractivity contribution in [2.45, 2.75) is 17.7 Å². The summed E-state index contributed by atoms with van der Waals surface area (Å²) in [5, 5.41) is 5.25. The van der Waals surface area contributed by atoms with Gasteiger partial charge in [-0.1, -0.05) is 0 Å². The molecule has 1 aromatic carbocycles. The number of hydrogen-bond donors (Lipinski definition) is 2. The number of piperidine rings is 1. The number of nitrogens with one attached hydrogen (secondary N) is 2. The van der Waals surface area contributed by atoms with Gasteiger partial charge in [-0.15, -0.1) is 0 Å². The summed E-state index contributed by atoms with van der Waals surface area (Å²) in [5.41, 5.74) is 0.582.